The van der Waals surface area contributed by atoms with Crippen molar-refractivity contribution < 1.29 is 13.2 Å². The Labute approximate surface area is 155 Å². The van der Waals surface area contributed by atoms with Gasteiger partial charge in [0.05, 0.1) is 15.8 Å². The molecule has 1 heterocycles. The molecule has 0 aliphatic heterocycles. The van der Waals surface area contributed by atoms with E-state index in [0.29, 0.717) is 17.3 Å². The van der Waals surface area contributed by atoms with Crippen LogP contribution >= 0.6 is 0 Å². The van der Waals surface area contributed by atoms with Crippen LogP contribution in [0.1, 0.15) is 17.0 Å². The number of H-pyrrole nitrogens is 1. The number of carbonyl (C=O) groups is 1. The fourth-order valence-electron chi connectivity index (χ4n) is 2.46. The summed E-state index contributed by atoms with van der Waals surface area (Å²) >= 11 is 0. The van der Waals surface area contributed by atoms with Crippen molar-refractivity contribution in [2.75, 3.05) is 13.1 Å². The molecule has 0 unspecified atom stereocenters. The zero-order chi connectivity index (χ0) is 19.3. The lowest BCUT2D eigenvalue weighted by Gasteiger charge is -2.08. The predicted octanol–water partition coefficient (Wildman–Crippen LogP) is 1.02. The van der Waals surface area contributed by atoms with Gasteiger partial charge < -0.3 is 10.3 Å². The summed E-state index contributed by atoms with van der Waals surface area (Å²) in [6, 6.07) is 14.8. The summed E-state index contributed by atoms with van der Waals surface area (Å²) in [7, 11) is -3.57. The molecule has 1 aromatic heterocycles. The molecule has 0 bridgehead atoms. The van der Waals surface area contributed by atoms with Gasteiger partial charge in [-0.05, 0) is 30.7 Å². The predicted molar refractivity (Wildman–Crippen MR) is 101 cm³/mol. The van der Waals surface area contributed by atoms with Crippen molar-refractivity contribution in [1.29, 1.82) is 0 Å². The van der Waals surface area contributed by atoms with Gasteiger partial charge in [0.25, 0.3) is 11.5 Å². The second-order valence-electron chi connectivity index (χ2n) is 5.75. The molecule has 0 spiro atoms. The number of nitrogens with zero attached hydrogens (tertiary/aromatic N) is 1. The molecule has 0 saturated carbocycles. The summed E-state index contributed by atoms with van der Waals surface area (Å²) in [6.45, 7) is 0.395. The van der Waals surface area contributed by atoms with Gasteiger partial charge in [-0.3, -0.25) is 9.59 Å². The molecule has 0 aliphatic carbocycles. The average molecular weight is 386 g/mol. The molecule has 1 amide bonds. The molecular weight excluding hydrogens is 368 g/mol. The molecule has 0 atom stereocenters. The zero-order valence-corrected chi connectivity index (χ0v) is 15.1. The van der Waals surface area contributed by atoms with E-state index < -0.39 is 15.9 Å². The van der Waals surface area contributed by atoms with Crippen molar-refractivity contribution in [3.63, 3.8) is 0 Å². The minimum atomic E-state index is -3.57. The summed E-state index contributed by atoms with van der Waals surface area (Å²) in [5.41, 5.74) is 0.0448. The molecule has 27 heavy (non-hydrogen) atoms. The molecule has 0 radical (unpaired) electrons. The van der Waals surface area contributed by atoms with Gasteiger partial charge >= 0.3 is 0 Å². The van der Waals surface area contributed by atoms with Crippen LogP contribution in [0.5, 0.6) is 0 Å². The van der Waals surface area contributed by atoms with Gasteiger partial charge in [0, 0.05) is 13.1 Å². The number of fused-ring (bicyclic) bond motifs is 1. The first-order valence-corrected chi connectivity index (χ1v) is 9.78. The van der Waals surface area contributed by atoms with Crippen LogP contribution < -0.4 is 15.6 Å². The SMILES string of the molecule is O=C(NCCCNS(=O)(=O)c1ccccc1)c1nc2ccccc2c(=O)[nH]1. The van der Waals surface area contributed by atoms with Crippen molar-refractivity contribution in [3.8, 4) is 0 Å². The van der Waals surface area contributed by atoms with Crippen molar-refractivity contribution in [3.05, 3.63) is 70.8 Å². The number of nitrogens with one attached hydrogen (secondary N) is 3. The van der Waals surface area contributed by atoms with E-state index in [2.05, 4.69) is 20.0 Å². The van der Waals surface area contributed by atoms with Gasteiger partial charge in [0.1, 0.15) is 0 Å². The van der Waals surface area contributed by atoms with Crippen LogP contribution in [-0.2, 0) is 10.0 Å². The second-order valence-corrected chi connectivity index (χ2v) is 7.52. The highest BCUT2D eigenvalue weighted by Crippen LogP contribution is 2.07. The Morgan fingerprint density at radius 2 is 1.70 bits per heavy atom. The first-order chi connectivity index (χ1) is 13.0. The third-order valence-corrected chi connectivity index (χ3v) is 5.29. The number of sulfonamides is 1. The topological polar surface area (TPSA) is 121 Å². The quantitative estimate of drug-likeness (QED) is 0.524. The van der Waals surface area contributed by atoms with E-state index >= 15 is 0 Å². The number of amides is 1. The highest BCUT2D eigenvalue weighted by atomic mass is 32.2. The van der Waals surface area contributed by atoms with Crippen LogP contribution in [0.3, 0.4) is 0 Å². The van der Waals surface area contributed by atoms with Crippen LogP contribution in [0.15, 0.2) is 64.3 Å². The number of rotatable bonds is 7. The first-order valence-electron chi connectivity index (χ1n) is 8.29. The Morgan fingerprint density at radius 3 is 2.48 bits per heavy atom. The number of carbonyl (C=O) groups excluding carboxylic acids is 1. The van der Waals surface area contributed by atoms with Crippen LogP contribution in [-0.4, -0.2) is 37.4 Å². The molecule has 0 aliphatic rings. The first kappa shape index (κ1) is 18.7. The Hall–Kier alpha value is -3.04. The van der Waals surface area contributed by atoms with E-state index in [1.54, 1.807) is 42.5 Å². The highest BCUT2D eigenvalue weighted by molar-refractivity contribution is 7.89. The molecule has 140 valence electrons. The van der Waals surface area contributed by atoms with Gasteiger partial charge in [-0.15, -0.1) is 0 Å². The number of aromatic amines is 1. The number of aromatic nitrogens is 2. The molecule has 3 rings (SSSR count). The van der Waals surface area contributed by atoms with Gasteiger partial charge in [0.15, 0.2) is 5.82 Å². The van der Waals surface area contributed by atoms with E-state index in [4.69, 9.17) is 0 Å². The normalized spacial score (nSPS) is 11.4. The molecule has 9 heteroatoms. The minimum Gasteiger partial charge on any atom is -0.349 e. The Kier molecular flexibility index (Phi) is 5.63. The minimum absolute atomic E-state index is 0.0800. The second kappa shape index (κ2) is 8.11. The number of hydrogen-bond donors (Lipinski definition) is 3. The highest BCUT2D eigenvalue weighted by Gasteiger charge is 2.13. The van der Waals surface area contributed by atoms with Crippen molar-refractivity contribution in [2.24, 2.45) is 0 Å². The standard InChI is InChI=1S/C18H18N4O4S/c23-17-14-9-4-5-10-15(14)21-16(22-17)18(24)19-11-6-12-20-27(25,26)13-7-2-1-3-8-13/h1-5,7-10,20H,6,11-12H2,(H,19,24)(H,21,22,23). The monoisotopic (exact) mass is 386 g/mol. The van der Waals surface area contributed by atoms with Crippen molar-refractivity contribution >= 4 is 26.8 Å². The van der Waals surface area contributed by atoms with Crippen molar-refractivity contribution in [2.45, 2.75) is 11.3 Å². The summed E-state index contributed by atoms with van der Waals surface area (Å²) in [5.74, 6) is -0.604. The molecule has 2 aromatic carbocycles. The van der Waals surface area contributed by atoms with E-state index in [0.717, 1.165) is 0 Å². The maximum atomic E-state index is 12.1. The third-order valence-electron chi connectivity index (χ3n) is 3.81. The lowest BCUT2D eigenvalue weighted by Crippen LogP contribution is -2.31. The summed E-state index contributed by atoms with van der Waals surface area (Å²) < 4.78 is 26.6. The number of hydrogen-bond acceptors (Lipinski definition) is 5. The zero-order valence-electron chi connectivity index (χ0n) is 14.3. The molecule has 0 saturated heterocycles. The summed E-state index contributed by atoms with van der Waals surface area (Å²) in [5, 5.41) is 3.02. The molecule has 0 fully saturated rings. The Balaban J connectivity index is 1.52. The van der Waals surface area contributed by atoms with Gasteiger partial charge in [-0.1, -0.05) is 30.3 Å². The van der Waals surface area contributed by atoms with Gasteiger partial charge in [-0.2, -0.15) is 0 Å². The molecule has 8 nitrogen and oxygen atoms in total. The summed E-state index contributed by atoms with van der Waals surface area (Å²) in [6.07, 6.45) is 0.385. The van der Waals surface area contributed by atoms with Crippen molar-refractivity contribution in [1.82, 2.24) is 20.0 Å². The Morgan fingerprint density at radius 1 is 1.00 bits per heavy atom. The number of benzene rings is 2. The fraction of sp³-hybridized carbons (Fsp3) is 0.167. The smallest absolute Gasteiger partial charge is 0.287 e. The maximum absolute atomic E-state index is 12.1. The average Bonchev–Trinajstić information content (AvgIpc) is 2.68. The van der Waals surface area contributed by atoms with E-state index in [1.807, 2.05) is 0 Å². The fourth-order valence-corrected chi connectivity index (χ4v) is 3.55. The van der Waals surface area contributed by atoms with Gasteiger partial charge in [-0.25, -0.2) is 18.1 Å². The van der Waals surface area contributed by atoms with Crippen LogP contribution in [0, 0.1) is 0 Å². The molecular formula is C18H18N4O4S. The third kappa shape index (κ3) is 4.57. The van der Waals surface area contributed by atoms with Crippen LogP contribution in [0.25, 0.3) is 10.9 Å². The molecule has 3 aromatic rings. The number of para-hydroxylation sites is 1. The lowest BCUT2D eigenvalue weighted by atomic mass is 10.2. The van der Waals surface area contributed by atoms with E-state index in [1.165, 1.54) is 12.1 Å². The largest absolute Gasteiger partial charge is 0.349 e. The van der Waals surface area contributed by atoms with E-state index in [9.17, 15) is 18.0 Å². The Bertz CT molecular complexity index is 1110. The van der Waals surface area contributed by atoms with Crippen LogP contribution in [0.2, 0.25) is 0 Å². The van der Waals surface area contributed by atoms with Crippen LogP contribution in [0.4, 0.5) is 0 Å². The van der Waals surface area contributed by atoms with Gasteiger partial charge in [0.2, 0.25) is 10.0 Å². The maximum Gasteiger partial charge on any atom is 0.287 e. The van der Waals surface area contributed by atoms with E-state index in [-0.39, 0.29) is 29.4 Å². The molecule has 3 N–H and O–H groups in total. The lowest BCUT2D eigenvalue weighted by molar-refractivity contribution is 0.0943. The summed E-state index contributed by atoms with van der Waals surface area (Å²) in [4.78, 5) is 30.9.